The van der Waals surface area contributed by atoms with Crippen molar-refractivity contribution in [3.05, 3.63) is 29.1 Å². The molecule has 0 aliphatic rings. The zero-order chi connectivity index (χ0) is 14.7. The minimum absolute atomic E-state index is 0.0924. The monoisotopic (exact) mass is 277 g/mol. The normalized spacial score (nSPS) is 11.7. The lowest BCUT2D eigenvalue weighted by Gasteiger charge is -2.15. The van der Waals surface area contributed by atoms with Crippen molar-refractivity contribution in [3.63, 3.8) is 0 Å². The maximum absolute atomic E-state index is 9.28. The first-order chi connectivity index (χ1) is 9.56. The van der Waals surface area contributed by atoms with E-state index < -0.39 is 0 Å². The van der Waals surface area contributed by atoms with Crippen LogP contribution in [0.5, 0.6) is 0 Å². The van der Waals surface area contributed by atoms with Crippen molar-refractivity contribution in [2.24, 2.45) is 0 Å². The molecule has 2 N–H and O–H groups in total. The largest absolute Gasteiger partial charge is 0.395 e. The van der Waals surface area contributed by atoms with E-state index in [1.54, 1.807) is 0 Å². The van der Waals surface area contributed by atoms with Gasteiger partial charge in [0.2, 0.25) is 0 Å². The molecule has 0 radical (unpaired) electrons. The van der Waals surface area contributed by atoms with Gasteiger partial charge in [0.25, 0.3) is 0 Å². The molecule has 0 aliphatic carbocycles. The Kier molecular flexibility index (Phi) is 4.75. The van der Waals surface area contributed by atoms with E-state index in [2.05, 4.69) is 35.5 Å². The molecule has 0 unspecified atom stereocenters. The summed E-state index contributed by atoms with van der Waals surface area (Å²) in [6.45, 7) is 6.21. The third-order valence-electron chi connectivity index (χ3n) is 3.66. The Hall–Kier alpha value is -1.43. The first-order valence-electron chi connectivity index (χ1n) is 6.93. The Morgan fingerprint density at radius 3 is 2.50 bits per heavy atom. The summed E-state index contributed by atoms with van der Waals surface area (Å²) in [6, 6.07) is 4.22. The lowest BCUT2D eigenvalue weighted by atomic mass is 10.1. The second kappa shape index (κ2) is 6.35. The number of hydrogen-bond acceptors (Lipinski definition) is 4. The van der Waals surface area contributed by atoms with Crippen LogP contribution >= 0.6 is 0 Å². The zero-order valence-electron chi connectivity index (χ0n) is 12.4. The fraction of sp³-hybridized carbons (Fsp3) is 0.533. The number of nitrogens with zero attached hydrogens (tertiary/aromatic N) is 3. The van der Waals surface area contributed by atoms with Crippen LogP contribution in [-0.4, -0.2) is 51.5 Å². The summed E-state index contributed by atoms with van der Waals surface area (Å²) < 4.78 is 2.07. The van der Waals surface area contributed by atoms with Crippen LogP contribution in [0.3, 0.4) is 0 Å². The summed E-state index contributed by atoms with van der Waals surface area (Å²) in [5, 5.41) is 18.3. The quantitative estimate of drug-likeness (QED) is 0.829. The topological polar surface area (TPSA) is 61.5 Å². The van der Waals surface area contributed by atoms with Gasteiger partial charge in [-0.1, -0.05) is 0 Å². The molecule has 0 atom stereocenters. The maximum Gasteiger partial charge on any atom is 0.124 e. The van der Waals surface area contributed by atoms with E-state index in [0.29, 0.717) is 19.6 Å². The summed E-state index contributed by atoms with van der Waals surface area (Å²) >= 11 is 0. The Bertz CT molecular complexity index is 592. The van der Waals surface area contributed by atoms with Crippen molar-refractivity contribution in [3.8, 4) is 0 Å². The molecule has 0 aliphatic heterocycles. The molecule has 1 aromatic heterocycles. The Morgan fingerprint density at radius 1 is 1.15 bits per heavy atom. The predicted octanol–water partition coefficient (Wildman–Crippen LogP) is 1.07. The molecule has 1 heterocycles. The molecule has 0 bridgehead atoms. The highest BCUT2D eigenvalue weighted by Crippen LogP contribution is 2.21. The van der Waals surface area contributed by atoms with Crippen LogP contribution < -0.4 is 0 Å². The van der Waals surface area contributed by atoms with Gasteiger partial charge in [0.1, 0.15) is 5.82 Å². The average Bonchev–Trinajstić information content (AvgIpc) is 2.69. The van der Waals surface area contributed by atoms with Crippen molar-refractivity contribution >= 4 is 11.0 Å². The number of benzene rings is 1. The van der Waals surface area contributed by atoms with Gasteiger partial charge in [0.05, 0.1) is 30.8 Å². The number of rotatable bonds is 6. The van der Waals surface area contributed by atoms with Crippen LogP contribution in [0.2, 0.25) is 0 Å². The van der Waals surface area contributed by atoms with Gasteiger partial charge in [-0.25, -0.2) is 4.98 Å². The van der Waals surface area contributed by atoms with Crippen LogP contribution in [-0.2, 0) is 13.1 Å². The van der Waals surface area contributed by atoms with Gasteiger partial charge in [0.15, 0.2) is 0 Å². The van der Waals surface area contributed by atoms with Crippen LogP contribution in [0, 0.1) is 13.8 Å². The highest BCUT2D eigenvalue weighted by atomic mass is 16.3. The smallest absolute Gasteiger partial charge is 0.124 e. The van der Waals surface area contributed by atoms with Gasteiger partial charge < -0.3 is 14.8 Å². The summed E-state index contributed by atoms with van der Waals surface area (Å²) in [7, 11) is 1.95. The van der Waals surface area contributed by atoms with Crippen LogP contribution in [0.25, 0.3) is 11.0 Å². The highest BCUT2D eigenvalue weighted by molar-refractivity contribution is 5.78. The van der Waals surface area contributed by atoms with Gasteiger partial charge in [-0.2, -0.15) is 0 Å². The van der Waals surface area contributed by atoms with Crippen molar-refractivity contribution < 1.29 is 10.2 Å². The van der Waals surface area contributed by atoms with Crippen molar-refractivity contribution in [2.75, 3.05) is 26.8 Å². The molecular formula is C15H23N3O2. The molecule has 5 heteroatoms. The number of aryl methyl sites for hydroxylation is 2. The number of aromatic nitrogens is 2. The van der Waals surface area contributed by atoms with E-state index >= 15 is 0 Å². The molecule has 2 rings (SSSR count). The molecule has 2 aromatic rings. The number of fused-ring (bicyclic) bond motifs is 1. The van der Waals surface area contributed by atoms with E-state index in [0.717, 1.165) is 16.9 Å². The van der Waals surface area contributed by atoms with E-state index in [1.807, 2.05) is 11.9 Å². The fourth-order valence-electron chi connectivity index (χ4n) is 2.39. The van der Waals surface area contributed by atoms with Gasteiger partial charge in [-0.3, -0.25) is 4.90 Å². The first-order valence-corrected chi connectivity index (χ1v) is 6.93. The standard InChI is InChI=1S/C15H23N3O2/c1-11-8-13-14(9-12(11)2)18(5-7-20)15(16-13)10-17(3)4-6-19/h8-9,19-20H,4-7,10H2,1-3H3. The molecule has 0 fully saturated rings. The highest BCUT2D eigenvalue weighted by Gasteiger charge is 2.13. The van der Waals surface area contributed by atoms with E-state index in [1.165, 1.54) is 11.1 Å². The lowest BCUT2D eigenvalue weighted by molar-refractivity contribution is 0.211. The number of aliphatic hydroxyl groups excluding tert-OH is 2. The predicted molar refractivity (Wildman–Crippen MR) is 79.7 cm³/mol. The lowest BCUT2D eigenvalue weighted by Crippen LogP contribution is -2.24. The number of likely N-dealkylation sites (N-methyl/N-ethyl adjacent to an activating group) is 1. The van der Waals surface area contributed by atoms with Crippen molar-refractivity contribution in [1.29, 1.82) is 0 Å². The van der Waals surface area contributed by atoms with Gasteiger partial charge in [-0.15, -0.1) is 0 Å². The minimum Gasteiger partial charge on any atom is -0.395 e. The SMILES string of the molecule is Cc1cc2nc(CN(C)CCO)n(CCO)c2cc1C. The van der Waals surface area contributed by atoms with Gasteiger partial charge in [0, 0.05) is 13.1 Å². The fourth-order valence-corrected chi connectivity index (χ4v) is 2.39. The zero-order valence-corrected chi connectivity index (χ0v) is 12.4. The van der Waals surface area contributed by atoms with E-state index in [9.17, 15) is 5.11 Å². The maximum atomic E-state index is 9.28. The number of aliphatic hydroxyl groups is 2. The summed E-state index contributed by atoms with van der Waals surface area (Å²) in [5.74, 6) is 0.926. The molecule has 0 saturated heterocycles. The van der Waals surface area contributed by atoms with Crippen molar-refractivity contribution in [2.45, 2.75) is 26.9 Å². The number of hydrogen-bond donors (Lipinski definition) is 2. The molecule has 0 amide bonds. The summed E-state index contributed by atoms with van der Waals surface area (Å²) in [5.41, 5.74) is 4.48. The third kappa shape index (κ3) is 3.00. The summed E-state index contributed by atoms with van der Waals surface area (Å²) in [6.07, 6.45) is 0. The minimum atomic E-state index is 0.0924. The first kappa shape index (κ1) is 15.0. The molecule has 1 aromatic carbocycles. The molecule has 20 heavy (non-hydrogen) atoms. The van der Waals surface area contributed by atoms with Crippen LogP contribution in [0.15, 0.2) is 12.1 Å². The summed E-state index contributed by atoms with van der Waals surface area (Å²) in [4.78, 5) is 6.71. The number of imidazole rings is 1. The van der Waals surface area contributed by atoms with E-state index in [4.69, 9.17) is 5.11 Å². The van der Waals surface area contributed by atoms with Gasteiger partial charge >= 0.3 is 0 Å². The molecular weight excluding hydrogens is 254 g/mol. The average molecular weight is 277 g/mol. The molecule has 0 spiro atoms. The molecule has 110 valence electrons. The van der Waals surface area contributed by atoms with Crippen LogP contribution in [0.1, 0.15) is 17.0 Å². The van der Waals surface area contributed by atoms with Gasteiger partial charge in [-0.05, 0) is 44.2 Å². The molecule has 0 saturated carbocycles. The molecule has 5 nitrogen and oxygen atoms in total. The van der Waals surface area contributed by atoms with E-state index in [-0.39, 0.29) is 13.2 Å². The Labute approximate surface area is 119 Å². The second-order valence-corrected chi connectivity index (χ2v) is 5.29. The van der Waals surface area contributed by atoms with Crippen LogP contribution in [0.4, 0.5) is 0 Å². The van der Waals surface area contributed by atoms with Crippen molar-refractivity contribution in [1.82, 2.24) is 14.5 Å². The third-order valence-corrected chi connectivity index (χ3v) is 3.66. The second-order valence-electron chi connectivity index (χ2n) is 5.29. The Balaban J connectivity index is 2.44. The Morgan fingerprint density at radius 2 is 1.85 bits per heavy atom.